The van der Waals surface area contributed by atoms with E-state index in [4.69, 9.17) is 19.4 Å². The third kappa shape index (κ3) is 9.50. The predicted octanol–water partition coefficient (Wildman–Crippen LogP) is 9.81. The fourth-order valence-corrected chi connectivity index (χ4v) is 14.0. The number of phenolic OH excluding ortho intramolecular Hbond substituents is 2. The standard InChI is InChI=1S/C32H36FN5O3.C30H32FN5O3/c1-31(2,40)21-9-14-37(18-21)29-25-17-34-27(24-16-22(39)15-20-7-3-4-8-23(20)24)26(33)28(25)35-30(36-29)41-19-32-10-5-12-38(32)13-6-11-32;31-25-26(23-14-21(38)13-20-5-1-2-6-22(20)23)32-15-24-27(25)33-29(34-28(24)35-12-7-19(16-35)17-37)39-18-30-8-3-10-36(30)11-4-9-30/h3-4,7-8,15-17,21,39-40H,5-6,9-14,18-19H2,1-2H3;1-2,5-6,13-15,19,37-38H,3-4,7-12,16-18H2. The van der Waals surface area contributed by atoms with Gasteiger partial charge in [0.15, 0.2) is 11.6 Å². The number of aliphatic hydroxyl groups excluding tert-OH is 1. The summed E-state index contributed by atoms with van der Waals surface area (Å²) >= 11 is 0. The molecular formula is C62H68F2N10O6. The Bertz CT molecular complexity index is 3660. The van der Waals surface area contributed by atoms with E-state index in [-0.39, 0.29) is 75.5 Å². The van der Waals surface area contributed by atoms with Gasteiger partial charge in [0, 0.05) is 68.1 Å². The molecule has 0 aliphatic carbocycles. The van der Waals surface area contributed by atoms with Crippen molar-refractivity contribution in [1.82, 2.24) is 39.7 Å². The highest BCUT2D eigenvalue weighted by molar-refractivity contribution is 6.01. The molecule has 4 aromatic heterocycles. The van der Waals surface area contributed by atoms with Crippen LogP contribution in [-0.2, 0) is 0 Å². The van der Waals surface area contributed by atoms with Crippen molar-refractivity contribution in [2.24, 2.45) is 11.8 Å². The lowest BCUT2D eigenvalue weighted by Crippen LogP contribution is -2.43. The minimum Gasteiger partial charge on any atom is -0.508 e. The van der Waals surface area contributed by atoms with Gasteiger partial charge in [-0.3, -0.25) is 19.8 Å². The van der Waals surface area contributed by atoms with Gasteiger partial charge in [-0.25, -0.2) is 8.78 Å². The highest BCUT2D eigenvalue weighted by atomic mass is 19.1. The number of hydrogen-bond donors (Lipinski definition) is 4. The van der Waals surface area contributed by atoms with Crippen molar-refractivity contribution in [3.05, 3.63) is 96.8 Å². The summed E-state index contributed by atoms with van der Waals surface area (Å²) in [5.41, 5.74) is 0.698. The van der Waals surface area contributed by atoms with Crippen LogP contribution in [-0.4, -0.2) is 149 Å². The molecule has 80 heavy (non-hydrogen) atoms. The zero-order valence-electron chi connectivity index (χ0n) is 45.4. The number of pyridine rings is 2. The van der Waals surface area contributed by atoms with Gasteiger partial charge in [0.05, 0.1) is 27.5 Å². The Morgan fingerprint density at radius 1 is 0.588 bits per heavy atom. The molecule has 2 unspecified atom stereocenters. The topological polar surface area (TPSA) is 190 Å². The molecule has 4 N–H and O–H groups in total. The van der Waals surface area contributed by atoms with E-state index in [1.807, 2.05) is 62.4 Å². The normalized spacial score (nSPS) is 20.8. The molecule has 0 bridgehead atoms. The lowest BCUT2D eigenvalue weighted by molar-refractivity contribution is 0.0263. The summed E-state index contributed by atoms with van der Waals surface area (Å²) in [5, 5.41) is 45.4. The van der Waals surface area contributed by atoms with Crippen LogP contribution in [0.3, 0.4) is 0 Å². The van der Waals surface area contributed by atoms with E-state index >= 15 is 8.78 Å². The van der Waals surface area contributed by atoms with Crippen molar-refractivity contribution in [1.29, 1.82) is 0 Å². The second kappa shape index (κ2) is 20.8. The van der Waals surface area contributed by atoms with Crippen LogP contribution in [0.2, 0.25) is 0 Å². The average molecular weight is 1090 g/mol. The number of anilines is 2. The van der Waals surface area contributed by atoms with Gasteiger partial charge in [-0.1, -0.05) is 48.5 Å². The quantitative estimate of drug-likeness (QED) is 0.0904. The Labute approximate surface area is 463 Å². The minimum absolute atomic E-state index is 0.000558. The zero-order chi connectivity index (χ0) is 54.9. The second-order valence-electron chi connectivity index (χ2n) is 23.7. The molecule has 0 amide bonds. The average Bonchev–Trinajstić information content (AvgIpc) is 4.38. The molecule has 4 aromatic carbocycles. The largest absolute Gasteiger partial charge is 0.508 e. The number of rotatable bonds is 12. The highest BCUT2D eigenvalue weighted by Gasteiger charge is 2.46. The molecule has 10 heterocycles. The van der Waals surface area contributed by atoms with Gasteiger partial charge in [-0.15, -0.1) is 0 Å². The van der Waals surface area contributed by atoms with Crippen molar-refractivity contribution < 1.29 is 38.7 Å². The molecule has 6 aliphatic heterocycles. The maximum Gasteiger partial charge on any atom is 0.319 e. The molecule has 16 nitrogen and oxygen atoms in total. The summed E-state index contributed by atoms with van der Waals surface area (Å²) < 4.78 is 45.5. The summed E-state index contributed by atoms with van der Waals surface area (Å²) in [5.74, 6) is 0.277. The van der Waals surface area contributed by atoms with Gasteiger partial charge in [-0.05, 0) is 150 Å². The minimum atomic E-state index is -0.836. The van der Waals surface area contributed by atoms with Gasteiger partial charge in [0.1, 0.15) is 58.8 Å². The van der Waals surface area contributed by atoms with Gasteiger partial charge < -0.3 is 39.7 Å². The first-order valence-corrected chi connectivity index (χ1v) is 28.5. The highest BCUT2D eigenvalue weighted by Crippen LogP contribution is 2.44. The Hall–Kier alpha value is -7.12. The number of benzene rings is 4. The molecule has 14 rings (SSSR count). The van der Waals surface area contributed by atoms with Gasteiger partial charge in [0.2, 0.25) is 0 Å². The lowest BCUT2D eigenvalue weighted by atomic mass is 9.90. The van der Waals surface area contributed by atoms with Gasteiger partial charge >= 0.3 is 12.0 Å². The van der Waals surface area contributed by atoms with Crippen LogP contribution in [0, 0.1) is 23.5 Å². The van der Waals surface area contributed by atoms with Crippen molar-refractivity contribution >= 4 is 55.0 Å². The SMILES string of the molecule is CC(C)(O)C1CCN(c2nc(OCC34CCCN3CCC4)nc3c(F)c(-c4cc(O)cc5ccccc45)ncc23)C1.OCC1CCN(c2nc(OCC34CCCN3CCC4)nc3c(F)c(-c4cc(O)cc5ccccc45)ncc23)C1. The molecule has 6 fully saturated rings. The summed E-state index contributed by atoms with van der Waals surface area (Å²) in [6.07, 6.45) is 13.8. The lowest BCUT2D eigenvalue weighted by Gasteiger charge is -2.31. The van der Waals surface area contributed by atoms with E-state index in [9.17, 15) is 20.4 Å². The molecule has 416 valence electrons. The monoisotopic (exact) mass is 1090 g/mol. The zero-order valence-corrected chi connectivity index (χ0v) is 45.4. The molecule has 0 radical (unpaired) electrons. The number of aromatic nitrogens is 6. The number of hydrogen-bond acceptors (Lipinski definition) is 16. The summed E-state index contributed by atoms with van der Waals surface area (Å²) in [7, 11) is 0. The van der Waals surface area contributed by atoms with Crippen molar-refractivity contribution in [2.45, 2.75) is 94.7 Å². The number of fused-ring (bicyclic) bond motifs is 6. The third-order valence-corrected chi connectivity index (χ3v) is 18.4. The van der Waals surface area contributed by atoms with E-state index in [0.717, 1.165) is 112 Å². The van der Waals surface area contributed by atoms with Crippen LogP contribution >= 0.6 is 0 Å². The molecule has 0 saturated carbocycles. The van der Waals surface area contributed by atoms with E-state index < -0.39 is 17.2 Å². The van der Waals surface area contributed by atoms with E-state index in [1.165, 1.54) is 0 Å². The van der Waals surface area contributed by atoms with Crippen LogP contribution < -0.4 is 19.3 Å². The summed E-state index contributed by atoms with van der Waals surface area (Å²) in [4.78, 5) is 37.1. The van der Waals surface area contributed by atoms with Crippen LogP contribution in [0.15, 0.2) is 85.2 Å². The number of phenols is 2. The first-order chi connectivity index (χ1) is 38.8. The number of nitrogens with zero attached hydrogens (tertiary/aromatic N) is 10. The molecule has 6 saturated heterocycles. The Balaban J connectivity index is 0.000000151. The smallest absolute Gasteiger partial charge is 0.319 e. The van der Waals surface area contributed by atoms with E-state index in [0.29, 0.717) is 72.9 Å². The van der Waals surface area contributed by atoms with Gasteiger partial charge in [-0.2, -0.15) is 19.9 Å². The molecule has 18 heteroatoms. The van der Waals surface area contributed by atoms with Crippen LogP contribution in [0.25, 0.3) is 65.9 Å². The fraction of sp³-hybridized carbons (Fsp3) is 0.452. The predicted molar refractivity (Wildman–Crippen MR) is 304 cm³/mol. The Morgan fingerprint density at radius 2 is 1.04 bits per heavy atom. The molecule has 2 atom stereocenters. The number of halogens is 2. The second-order valence-corrected chi connectivity index (χ2v) is 23.7. The van der Waals surface area contributed by atoms with Crippen LogP contribution in [0.1, 0.15) is 78.1 Å². The van der Waals surface area contributed by atoms with Crippen molar-refractivity contribution in [3.8, 4) is 46.0 Å². The number of aromatic hydroxyl groups is 2. The number of ether oxygens (including phenoxy) is 2. The van der Waals surface area contributed by atoms with Crippen LogP contribution in [0.5, 0.6) is 23.5 Å². The van der Waals surface area contributed by atoms with E-state index in [2.05, 4.69) is 39.5 Å². The Morgan fingerprint density at radius 3 is 1.48 bits per heavy atom. The molecular weight excluding hydrogens is 1020 g/mol. The van der Waals surface area contributed by atoms with E-state index in [1.54, 1.807) is 36.7 Å². The summed E-state index contributed by atoms with van der Waals surface area (Å²) in [6, 6.07) is 21.8. The van der Waals surface area contributed by atoms with Crippen molar-refractivity contribution in [3.63, 3.8) is 0 Å². The Kier molecular flexibility index (Phi) is 13.6. The number of aliphatic hydroxyl groups is 2. The molecule has 6 aliphatic rings. The van der Waals surface area contributed by atoms with Crippen LogP contribution in [0.4, 0.5) is 20.4 Å². The first-order valence-electron chi connectivity index (χ1n) is 28.5. The molecule has 0 spiro atoms. The first kappa shape index (κ1) is 52.3. The third-order valence-electron chi connectivity index (χ3n) is 18.4. The summed E-state index contributed by atoms with van der Waals surface area (Å²) in [6.45, 7) is 11.7. The molecule has 8 aromatic rings. The van der Waals surface area contributed by atoms with Crippen molar-refractivity contribution in [2.75, 3.05) is 82.0 Å². The fourth-order valence-electron chi connectivity index (χ4n) is 14.0. The van der Waals surface area contributed by atoms with Gasteiger partial charge in [0.25, 0.3) is 0 Å². The maximum atomic E-state index is 16.5. The maximum absolute atomic E-state index is 16.5.